The first-order valence-electron chi connectivity index (χ1n) is 7.25. The molecule has 0 bridgehead atoms. The van der Waals surface area contributed by atoms with Crippen LogP contribution in [0.2, 0.25) is 0 Å². The van der Waals surface area contributed by atoms with Gasteiger partial charge in [0.05, 0.1) is 14.2 Å². The number of thiophene rings is 1. The van der Waals surface area contributed by atoms with Gasteiger partial charge in [0.25, 0.3) is 0 Å². The van der Waals surface area contributed by atoms with Crippen molar-refractivity contribution in [3.05, 3.63) is 46.2 Å². The average Bonchev–Trinajstić information content (AvgIpc) is 3.19. The summed E-state index contributed by atoms with van der Waals surface area (Å²) >= 11 is 1.77. The first kappa shape index (κ1) is 14.4. The highest BCUT2D eigenvalue weighted by molar-refractivity contribution is 7.07. The molecule has 0 spiro atoms. The van der Waals surface area contributed by atoms with Gasteiger partial charge in [-0.25, -0.2) is 0 Å². The zero-order valence-electron chi connectivity index (χ0n) is 12.5. The highest BCUT2D eigenvalue weighted by Crippen LogP contribution is 2.36. The minimum Gasteiger partial charge on any atom is -0.497 e. The third kappa shape index (κ3) is 3.22. The van der Waals surface area contributed by atoms with Gasteiger partial charge >= 0.3 is 0 Å². The van der Waals surface area contributed by atoms with Crippen LogP contribution in [0.1, 0.15) is 23.5 Å². The second kappa shape index (κ2) is 6.50. The van der Waals surface area contributed by atoms with Crippen LogP contribution in [0.5, 0.6) is 11.5 Å². The van der Waals surface area contributed by atoms with E-state index in [9.17, 15) is 0 Å². The maximum Gasteiger partial charge on any atom is 0.122 e. The van der Waals surface area contributed by atoms with Crippen molar-refractivity contribution in [3.8, 4) is 11.5 Å². The topological polar surface area (TPSA) is 21.7 Å². The van der Waals surface area contributed by atoms with Crippen LogP contribution in [0.25, 0.3) is 0 Å². The SMILES string of the molecule is COc1ccc(OC)c(C2CCN(Cc3ccsc3)C2)c1. The lowest BCUT2D eigenvalue weighted by Gasteiger charge is -2.18. The zero-order chi connectivity index (χ0) is 14.7. The molecule has 1 atom stereocenters. The van der Waals surface area contributed by atoms with E-state index >= 15 is 0 Å². The Bertz CT molecular complexity index is 582. The van der Waals surface area contributed by atoms with E-state index in [0.717, 1.165) is 31.1 Å². The fourth-order valence-electron chi connectivity index (χ4n) is 3.03. The molecule has 1 aliphatic rings. The maximum absolute atomic E-state index is 5.53. The van der Waals surface area contributed by atoms with Gasteiger partial charge in [-0.3, -0.25) is 4.90 Å². The Morgan fingerprint density at radius 3 is 2.86 bits per heavy atom. The Balaban J connectivity index is 1.73. The molecule has 2 heterocycles. The standard InChI is InChI=1S/C17H21NO2S/c1-19-15-3-4-17(20-2)16(9-15)14-5-7-18(11-14)10-13-6-8-21-12-13/h3-4,6,8-9,12,14H,5,7,10-11H2,1-2H3. The van der Waals surface area contributed by atoms with Gasteiger partial charge in [0, 0.05) is 24.6 Å². The molecule has 1 saturated heterocycles. The lowest BCUT2D eigenvalue weighted by atomic mass is 9.97. The molecule has 1 aliphatic heterocycles. The third-order valence-electron chi connectivity index (χ3n) is 4.14. The van der Waals surface area contributed by atoms with Gasteiger partial charge in [0.1, 0.15) is 11.5 Å². The molecule has 1 unspecified atom stereocenters. The summed E-state index contributed by atoms with van der Waals surface area (Å²) in [5, 5.41) is 4.38. The molecular formula is C17H21NO2S. The number of benzene rings is 1. The fraction of sp³-hybridized carbons (Fsp3) is 0.412. The first-order chi connectivity index (χ1) is 10.3. The van der Waals surface area contributed by atoms with Crippen molar-refractivity contribution in [2.75, 3.05) is 27.3 Å². The third-order valence-corrected chi connectivity index (χ3v) is 4.87. The van der Waals surface area contributed by atoms with Crippen LogP contribution in [-0.4, -0.2) is 32.2 Å². The monoisotopic (exact) mass is 303 g/mol. The molecule has 2 aromatic rings. The number of ether oxygens (including phenoxy) is 2. The molecule has 0 amide bonds. The van der Waals surface area contributed by atoms with E-state index in [-0.39, 0.29) is 0 Å². The van der Waals surface area contributed by atoms with E-state index in [1.165, 1.54) is 17.5 Å². The predicted molar refractivity (Wildman–Crippen MR) is 86.5 cm³/mol. The lowest BCUT2D eigenvalue weighted by Crippen LogP contribution is -2.19. The first-order valence-corrected chi connectivity index (χ1v) is 8.20. The number of likely N-dealkylation sites (tertiary alicyclic amines) is 1. The quantitative estimate of drug-likeness (QED) is 0.839. The minimum atomic E-state index is 0.522. The Morgan fingerprint density at radius 1 is 1.24 bits per heavy atom. The fourth-order valence-corrected chi connectivity index (χ4v) is 3.69. The normalized spacial score (nSPS) is 18.9. The number of methoxy groups -OCH3 is 2. The van der Waals surface area contributed by atoms with Gasteiger partial charge in [0.15, 0.2) is 0 Å². The molecule has 0 radical (unpaired) electrons. The van der Waals surface area contributed by atoms with Gasteiger partial charge < -0.3 is 9.47 Å². The molecule has 0 saturated carbocycles. The van der Waals surface area contributed by atoms with Crippen molar-refractivity contribution in [3.63, 3.8) is 0 Å². The zero-order valence-corrected chi connectivity index (χ0v) is 13.4. The van der Waals surface area contributed by atoms with Crippen LogP contribution in [0, 0.1) is 0 Å². The molecule has 0 aliphatic carbocycles. The smallest absolute Gasteiger partial charge is 0.122 e. The van der Waals surface area contributed by atoms with Crippen molar-refractivity contribution < 1.29 is 9.47 Å². The molecule has 3 rings (SSSR count). The van der Waals surface area contributed by atoms with Crippen LogP contribution in [0.4, 0.5) is 0 Å². The molecule has 1 fully saturated rings. The summed E-state index contributed by atoms with van der Waals surface area (Å²) in [6.45, 7) is 3.27. The number of hydrogen-bond acceptors (Lipinski definition) is 4. The van der Waals surface area contributed by atoms with E-state index in [1.807, 2.05) is 12.1 Å². The predicted octanol–water partition coefficient (Wildman–Crippen LogP) is 3.75. The van der Waals surface area contributed by atoms with Gasteiger partial charge in [-0.2, -0.15) is 11.3 Å². The van der Waals surface area contributed by atoms with Gasteiger partial charge in [-0.05, 0) is 53.6 Å². The second-order valence-corrected chi connectivity index (χ2v) is 6.24. The van der Waals surface area contributed by atoms with Crippen molar-refractivity contribution in [2.24, 2.45) is 0 Å². The summed E-state index contributed by atoms with van der Waals surface area (Å²) in [6, 6.07) is 8.30. The Labute approximate surface area is 130 Å². The summed E-state index contributed by atoms with van der Waals surface area (Å²) in [4.78, 5) is 2.52. The Kier molecular flexibility index (Phi) is 4.46. The minimum absolute atomic E-state index is 0.522. The summed E-state index contributed by atoms with van der Waals surface area (Å²) in [5.74, 6) is 2.40. The van der Waals surface area contributed by atoms with E-state index < -0.39 is 0 Å². The molecule has 21 heavy (non-hydrogen) atoms. The maximum atomic E-state index is 5.53. The van der Waals surface area contributed by atoms with E-state index in [4.69, 9.17) is 9.47 Å². The van der Waals surface area contributed by atoms with Crippen molar-refractivity contribution >= 4 is 11.3 Å². The van der Waals surface area contributed by atoms with Gasteiger partial charge in [0.2, 0.25) is 0 Å². The van der Waals surface area contributed by atoms with Crippen molar-refractivity contribution in [1.82, 2.24) is 4.90 Å². The molecule has 0 N–H and O–H groups in total. The largest absolute Gasteiger partial charge is 0.497 e. The second-order valence-electron chi connectivity index (χ2n) is 5.46. The van der Waals surface area contributed by atoms with Gasteiger partial charge in [-0.1, -0.05) is 0 Å². The number of rotatable bonds is 5. The highest BCUT2D eigenvalue weighted by Gasteiger charge is 2.26. The highest BCUT2D eigenvalue weighted by atomic mass is 32.1. The summed E-state index contributed by atoms with van der Waals surface area (Å²) < 4.78 is 10.9. The summed E-state index contributed by atoms with van der Waals surface area (Å²) in [7, 11) is 3.45. The van der Waals surface area contributed by atoms with Crippen molar-refractivity contribution in [2.45, 2.75) is 18.9 Å². The van der Waals surface area contributed by atoms with E-state index in [1.54, 1.807) is 25.6 Å². The Morgan fingerprint density at radius 2 is 2.14 bits per heavy atom. The molecular weight excluding hydrogens is 282 g/mol. The average molecular weight is 303 g/mol. The van der Waals surface area contributed by atoms with E-state index in [2.05, 4.69) is 27.8 Å². The molecule has 1 aromatic heterocycles. The van der Waals surface area contributed by atoms with Crippen LogP contribution >= 0.6 is 11.3 Å². The van der Waals surface area contributed by atoms with Gasteiger partial charge in [-0.15, -0.1) is 0 Å². The molecule has 4 heteroatoms. The number of nitrogens with zero attached hydrogens (tertiary/aromatic N) is 1. The summed E-state index contributed by atoms with van der Waals surface area (Å²) in [6.07, 6.45) is 1.17. The van der Waals surface area contributed by atoms with Crippen LogP contribution in [-0.2, 0) is 6.54 Å². The van der Waals surface area contributed by atoms with Crippen molar-refractivity contribution in [1.29, 1.82) is 0 Å². The van der Waals surface area contributed by atoms with E-state index in [0.29, 0.717) is 5.92 Å². The van der Waals surface area contributed by atoms with Crippen LogP contribution in [0.15, 0.2) is 35.0 Å². The Hall–Kier alpha value is -1.52. The molecule has 1 aromatic carbocycles. The number of hydrogen-bond donors (Lipinski definition) is 0. The lowest BCUT2D eigenvalue weighted by molar-refractivity contribution is 0.325. The molecule has 112 valence electrons. The molecule has 3 nitrogen and oxygen atoms in total. The summed E-state index contributed by atoms with van der Waals surface area (Å²) in [5.41, 5.74) is 2.68. The van der Waals surface area contributed by atoms with Crippen LogP contribution < -0.4 is 9.47 Å². The van der Waals surface area contributed by atoms with Crippen LogP contribution in [0.3, 0.4) is 0 Å².